The van der Waals surface area contributed by atoms with E-state index in [0.29, 0.717) is 6.42 Å². The van der Waals surface area contributed by atoms with Gasteiger partial charge in [-0.1, -0.05) is 6.92 Å². The Bertz CT molecular complexity index is 251. The maximum atomic E-state index is 9.46. The molecule has 0 saturated heterocycles. The Morgan fingerprint density at radius 2 is 2.42 bits per heavy atom. The van der Waals surface area contributed by atoms with Crippen molar-refractivity contribution in [3.63, 3.8) is 0 Å². The van der Waals surface area contributed by atoms with Crippen LogP contribution in [0.25, 0.3) is 0 Å². The van der Waals surface area contributed by atoms with E-state index in [0.717, 1.165) is 9.35 Å². The zero-order chi connectivity index (χ0) is 9.14. The maximum Gasteiger partial charge on any atom is 0.0738 e. The first kappa shape index (κ1) is 10.2. The van der Waals surface area contributed by atoms with Crippen molar-refractivity contribution in [2.45, 2.75) is 25.5 Å². The molecule has 2 atom stereocenters. The molecule has 12 heavy (non-hydrogen) atoms. The minimum atomic E-state index is -0.435. The van der Waals surface area contributed by atoms with Crippen LogP contribution in [-0.2, 0) is 0 Å². The zero-order valence-electron chi connectivity index (χ0n) is 6.83. The van der Waals surface area contributed by atoms with Crippen molar-refractivity contribution in [3.8, 4) is 0 Å². The van der Waals surface area contributed by atoms with E-state index in [2.05, 4.69) is 15.9 Å². The van der Waals surface area contributed by atoms with Crippen molar-refractivity contribution in [1.29, 1.82) is 0 Å². The molecule has 0 saturated carbocycles. The Morgan fingerprint density at radius 3 is 2.83 bits per heavy atom. The molecule has 1 aromatic heterocycles. The second kappa shape index (κ2) is 4.37. The van der Waals surface area contributed by atoms with Crippen molar-refractivity contribution in [1.82, 2.24) is 0 Å². The van der Waals surface area contributed by atoms with E-state index in [4.69, 9.17) is 5.73 Å². The van der Waals surface area contributed by atoms with E-state index in [1.165, 1.54) is 0 Å². The van der Waals surface area contributed by atoms with Crippen LogP contribution in [0.1, 0.15) is 24.3 Å². The lowest BCUT2D eigenvalue weighted by Crippen LogP contribution is -2.24. The van der Waals surface area contributed by atoms with Gasteiger partial charge in [0, 0.05) is 14.7 Å². The molecular formula is C8H12BrNOS. The number of halogens is 1. The summed E-state index contributed by atoms with van der Waals surface area (Å²) in [5.41, 5.74) is 5.80. The molecule has 2 nitrogen and oxygen atoms in total. The van der Waals surface area contributed by atoms with Crippen LogP contribution in [0.2, 0.25) is 0 Å². The number of aliphatic hydroxyl groups is 1. The van der Waals surface area contributed by atoms with Gasteiger partial charge in [-0.3, -0.25) is 0 Å². The average Bonchev–Trinajstić information content (AvgIpc) is 2.49. The molecule has 0 aromatic carbocycles. The van der Waals surface area contributed by atoms with Crippen molar-refractivity contribution < 1.29 is 5.11 Å². The summed E-state index contributed by atoms with van der Waals surface area (Å²) < 4.78 is 1.03. The van der Waals surface area contributed by atoms with E-state index < -0.39 is 6.10 Å². The Balaban J connectivity index is 2.70. The summed E-state index contributed by atoms with van der Waals surface area (Å²) in [6, 6.07) is 1.71. The first-order valence-electron chi connectivity index (χ1n) is 3.82. The molecule has 3 N–H and O–H groups in total. The molecule has 1 heterocycles. The van der Waals surface area contributed by atoms with Crippen LogP contribution < -0.4 is 5.73 Å². The van der Waals surface area contributed by atoms with Crippen LogP contribution in [-0.4, -0.2) is 11.2 Å². The summed E-state index contributed by atoms with van der Waals surface area (Å²) in [6.45, 7) is 1.92. The quantitative estimate of drug-likeness (QED) is 0.864. The number of nitrogens with two attached hydrogens (primary N) is 1. The summed E-state index contributed by atoms with van der Waals surface area (Å²) in [5.74, 6) is 0. The van der Waals surface area contributed by atoms with Gasteiger partial charge in [0.15, 0.2) is 0 Å². The Morgan fingerprint density at radius 1 is 1.75 bits per heavy atom. The number of aliphatic hydroxyl groups excluding tert-OH is 1. The predicted molar refractivity (Wildman–Crippen MR) is 55.2 cm³/mol. The fraction of sp³-hybridized carbons (Fsp3) is 0.500. The second-order valence-corrected chi connectivity index (χ2v) is 4.53. The molecular weight excluding hydrogens is 238 g/mol. The lowest BCUT2D eigenvalue weighted by Gasteiger charge is -2.14. The van der Waals surface area contributed by atoms with Gasteiger partial charge in [-0.2, -0.15) is 0 Å². The number of rotatable bonds is 3. The van der Waals surface area contributed by atoms with Crippen molar-refractivity contribution in [3.05, 3.63) is 20.8 Å². The number of hydrogen-bond donors (Lipinski definition) is 2. The predicted octanol–water partition coefficient (Wildman–Crippen LogP) is 2.28. The third-order valence-corrected chi connectivity index (χ3v) is 3.54. The second-order valence-electron chi connectivity index (χ2n) is 2.67. The van der Waals surface area contributed by atoms with Crippen LogP contribution >= 0.6 is 27.3 Å². The van der Waals surface area contributed by atoms with Gasteiger partial charge in [-0.25, -0.2) is 0 Å². The van der Waals surface area contributed by atoms with Gasteiger partial charge >= 0.3 is 0 Å². The summed E-state index contributed by atoms with van der Waals surface area (Å²) >= 11 is 4.91. The SMILES string of the molecule is CCC(O)C(N)c1cc(Br)cs1. The molecule has 0 amide bonds. The molecule has 0 fully saturated rings. The van der Waals surface area contributed by atoms with Crippen LogP contribution in [0.3, 0.4) is 0 Å². The highest BCUT2D eigenvalue weighted by Crippen LogP contribution is 2.26. The zero-order valence-corrected chi connectivity index (χ0v) is 9.23. The van der Waals surface area contributed by atoms with E-state index in [1.807, 2.05) is 18.4 Å². The standard InChI is InChI=1S/C8H12BrNOS/c1-2-6(11)8(10)7-3-5(9)4-12-7/h3-4,6,8,11H,2,10H2,1H3. The molecule has 0 aliphatic rings. The summed E-state index contributed by atoms with van der Waals surface area (Å²) in [7, 11) is 0. The fourth-order valence-electron chi connectivity index (χ4n) is 0.947. The van der Waals surface area contributed by atoms with Gasteiger partial charge in [-0.15, -0.1) is 11.3 Å². The van der Waals surface area contributed by atoms with Crippen LogP contribution in [0.15, 0.2) is 15.9 Å². The lowest BCUT2D eigenvalue weighted by atomic mass is 10.1. The van der Waals surface area contributed by atoms with Gasteiger partial charge in [0.2, 0.25) is 0 Å². The van der Waals surface area contributed by atoms with Crippen LogP contribution in [0.5, 0.6) is 0 Å². The highest BCUT2D eigenvalue weighted by atomic mass is 79.9. The Kier molecular flexibility index (Phi) is 3.71. The molecule has 1 aromatic rings. The van der Waals surface area contributed by atoms with Crippen LogP contribution in [0, 0.1) is 0 Å². The maximum absolute atomic E-state index is 9.46. The highest BCUT2D eigenvalue weighted by Gasteiger charge is 2.16. The third kappa shape index (κ3) is 2.29. The van der Waals surface area contributed by atoms with Gasteiger partial charge in [0.05, 0.1) is 12.1 Å². The average molecular weight is 250 g/mol. The molecule has 0 aliphatic carbocycles. The molecule has 2 unspecified atom stereocenters. The van der Waals surface area contributed by atoms with Crippen molar-refractivity contribution in [2.24, 2.45) is 5.73 Å². The molecule has 0 aliphatic heterocycles. The van der Waals surface area contributed by atoms with Gasteiger partial charge in [-0.05, 0) is 28.4 Å². The van der Waals surface area contributed by atoms with Crippen molar-refractivity contribution in [2.75, 3.05) is 0 Å². The van der Waals surface area contributed by atoms with Gasteiger partial charge in [0.1, 0.15) is 0 Å². The largest absolute Gasteiger partial charge is 0.391 e. The number of hydrogen-bond acceptors (Lipinski definition) is 3. The third-order valence-electron chi connectivity index (χ3n) is 1.75. The minimum Gasteiger partial charge on any atom is -0.391 e. The normalized spacial score (nSPS) is 16.0. The Hall–Kier alpha value is 0.1000. The monoisotopic (exact) mass is 249 g/mol. The van der Waals surface area contributed by atoms with Crippen molar-refractivity contribution >= 4 is 27.3 Å². The van der Waals surface area contributed by atoms with Gasteiger partial charge < -0.3 is 10.8 Å². The van der Waals surface area contributed by atoms with Crippen LogP contribution in [0.4, 0.5) is 0 Å². The van der Waals surface area contributed by atoms with E-state index in [1.54, 1.807) is 11.3 Å². The smallest absolute Gasteiger partial charge is 0.0738 e. The lowest BCUT2D eigenvalue weighted by molar-refractivity contribution is 0.142. The molecule has 0 radical (unpaired) electrons. The first-order valence-corrected chi connectivity index (χ1v) is 5.50. The van der Waals surface area contributed by atoms with E-state index >= 15 is 0 Å². The number of thiophene rings is 1. The first-order chi connectivity index (χ1) is 5.65. The summed E-state index contributed by atoms with van der Waals surface area (Å²) in [4.78, 5) is 1.02. The van der Waals surface area contributed by atoms with E-state index in [-0.39, 0.29) is 6.04 Å². The summed E-state index contributed by atoms with van der Waals surface area (Å²) in [6.07, 6.45) is 0.256. The molecule has 1 rings (SSSR count). The minimum absolute atomic E-state index is 0.244. The topological polar surface area (TPSA) is 46.2 Å². The highest BCUT2D eigenvalue weighted by molar-refractivity contribution is 9.10. The van der Waals surface area contributed by atoms with Gasteiger partial charge in [0.25, 0.3) is 0 Å². The molecule has 68 valence electrons. The Labute approximate surface area is 84.5 Å². The fourth-order valence-corrected chi connectivity index (χ4v) is 2.45. The molecule has 0 spiro atoms. The molecule has 4 heteroatoms. The molecule has 0 bridgehead atoms. The van der Waals surface area contributed by atoms with E-state index in [9.17, 15) is 5.11 Å². The summed E-state index contributed by atoms with van der Waals surface area (Å²) in [5, 5.41) is 11.4.